The first-order chi connectivity index (χ1) is 13.2. The molecule has 6 nitrogen and oxygen atoms in total. The minimum atomic E-state index is -3.54. The summed E-state index contributed by atoms with van der Waals surface area (Å²) in [4.78, 5) is 16.5. The van der Waals surface area contributed by atoms with Crippen molar-refractivity contribution in [2.24, 2.45) is 13.0 Å². The van der Waals surface area contributed by atoms with Gasteiger partial charge in [-0.05, 0) is 42.3 Å². The van der Waals surface area contributed by atoms with E-state index in [-0.39, 0.29) is 16.0 Å². The van der Waals surface area contributed by atoms with Gasteiger partial charge in [0.2, 0.25) is 0 Å². The molecule has 0 spiro atoms. The Morgan fingerprint density at radius 1 is 1.21 bits per heavy atom. The molecule has 0 bridgehead atoms. The van der Waals surface area contributed by atoms with Gasteiger partial charge in [0.25, 0.3) is 5.56 Å². The van der Waals surface area contributed by atoms with Crippen LogP contribution in [0.2, 0.25) is 0 Å². The van der Waals surface area contributed by atoms with Crippen LogP contribution in [0.3, 0.4) is 0 Å². The largest absolute Gasteiger partial charge is 0.491 e. The number of pyridine rings is 2. The Morgan fingerprint density at radius 3 is 2.64 bits per heavy atom. The summed E-state index contributed by atoms with van der Waals surface area (Å²) in [7, 11) is -1.97. The number of halogens is 1. The van der Waals surface area contributed by atoms with Crippen molar-refractivity contribution < 1.29 is 17.5 Å². The van der Waals surface area contributed by atoms with Gasteiger partial charge in [-0.25, -0.2) is 17.8 Å². The van der Waals surface area contributed by atoms with E-state index in [1.165, 1.54) is 35.0 Å². The van der Waals surface area contributed by atoms with Gasteiger partial charge in [-0.3, -0.25) is 4.79 Å². The molecule has 8 heteroatoms. The van der Waals surface area contributed by atoms with Crippen LogP contribution in [0.4, 0.5) is 4.39 Å². The van der Waals surface area contributed by atoms with Crippen LogP contribution >= 0.6 is 0 Å². The third-order valence-corrected chi connectivity index (χ3v) is 5.81. The smallest absolute Gasteiger partial charge is 0.258 e. The molecule has 1 aromatic carbocycles. The molecule has 1 aliphatic carbocycles. The van der Waals surface area contributed by atoms with Crippen molar-refractivity contribution in [2.45, 2.75) is 17.9 Å². The van der Waals surface area contributed by atoms with E-state index in [0.717, 1.165) is 19.1 Å². The molecule has 0 saturated heterocycles. The summed E-state index contributed by atoms with van der Waals surface area (Å²) in [5.74, 6) is 0.412. The van der Waals surface area contributed by atoms with E-state index in [2.05, 4.69) is 4.98 Å². The highest BCUT2D eigenvalue weighted by Gasteiger charge is 2.24. The van der Waals surface area contributed by atoms with E-state index >= 15 is 0 Å². The predicted octanol–water partition coefficient (Wildman–Crippen LogP) is 2.93. The van der Waals surface area contributed by atoms with Crippen LogP contribution in [0, 0.1) is 11.7 Å². The topological polar surface area (TPSA) is 78.3 Å². The van der Waals surface area contributed by atoms with Crippen LogP contribution in [0.15, 0.2) is 46.5 Å². The number of aryl methyl sites for hydroxylation is 1. The fourth-order valence-corrected chi connectivity index (χ4v) is 3.67. The van der Waals surface area contributed by atoms with Crippen LogP contribution < -0.4 is 10.3 Å². The highest BCUT2D eigenvalue weighted by Crippen LogP contribution is 2.37. The molecule has 2 aromatic heterocycles. The Hall–Kier alpha value is -2.74. The first-order valence-corrected chi connectivity index (χ1v) is 10.8. The monoisotopic (exact) mass is 402 g/mol. The molecule has 0 radical (unpaired) electrons. The molecule has 1 saturated carbocycles. The lowest BCUT2D eigenvalue weighted by atomic mass is 10.0. The Labute approximate surface area is 161 Å². The van der Waals surface area contributed by atoms with Crippen LogP contribution in [0.5, 0.6) is 5.75 Å². The van der Waals surface area contributed by atoms with Crippen molar-refractivity contribution in [3.05, 3.63) is 52.8 Å². The average Bonchev–Trinajstić information content (AvgIpc) is 3.47. The number of hydrogen-bond donors (Lipinski definition) is 0. The van der Waals surface area contributed by atoms with E-state index in [1.807, 2.05) is 0 Å². The van der Waals surface area contributed by atoms with Crippen molar-refractivity contribution in [1.82, 2.24) is 9.55 Å². The van der Waals surface area contributed by atoms with Crippen LogP contribution in [0.1, 0.15) is 12.8 Å². The van der Waals surface area contributed by atoms with Crippen molar-refractivity contribution in [3.8, 4) is 16.9 Å². The maximum absolute atomic E-state index is 13.7. The van der Waals surface area contributed by atoms with Gasteiger partial charge in [0.15, 0.2) is 14.9 Å². The summed E-state index contributed by atoms with van der Waals surface area (Å²) in [5.41, 5.74) is 0.745. The second-order valence-corrected chi connectivity index (χ2v) is 9.16. The normalized spacial score (nSPS) is 14.4. The van der Waals surface area contributed by atoms with Crippen molar-refractivity contribution in [1.29, 1.82) is 0 Å². The average molecular weight is 402 g/mol. The second kappa shape index (κ2) is 6.70. The first kappa shape index (κ1) is 18.6. The molecule has 146 valence electrons. The van der Waals surface area contributed by atoms with Gasteiger partial charge in [0.1, 0.15) is 11.6 Å². The van der Waals surface area contributed by atoms with E-state index in [1.54, 1.807) is 13.2 Å². The number of benzene rings is 1. The summed E-state index contributed by atoms with van der Waals surface area (Å²) < 4.78 is 45.0. The van der Waals surface area contributed by atoms with Crippen molar-refractivity contribution >= 4 is 20.6 Å². The maximum Gasteiger partial charge on any atom is 0.258 e. The highest BCUT2D eigenvalue weighted by molar-refractivity contribution is 7.90. The summed E-state index contributed by atoms with van der Waals surface area (Å²) in [5, 5.41) is 0.641. The molecule has 2 heterocycles. The van der Waals surface area contributed by atoms with E-state index in [0.29, 0.717) is 34.8 Å². The molecule has 0 amide bonds. The van der Waals surface area contributed by atoms with Gasteiger partial charge in [0.05, 0.1) is 18.2 Å². The molecular weight excluding hydrogens is 383 g/mol. The maximum atomic E-state index is 13.7. The Balaban J connectivity index is 1.98. The molecule has 0 atom stereocenters. The molecule has 0 aliphatic heterocycles. The fraction of sp³-hybridized carbons (Fsp3) is 0.300. The van der Waals surface area contributed by atoms with Gasteiger partial charge in [-0.15, -0.1) is 0 Å². The quantitative estimate of drug-likeness (QED) is 0.656. The van der Waals surface area contributed by atoms with Crippen LogP contribution in [-0.2, 0) is 16.9 Å². The highest BCUT2D eigenvalue weighted by atomic mass is 32.2. The molecule has 0 N–H and O–H groups in total. The second-order valence-electron chi connectivity index (χ2n) is 7.19. The van der Waals surface area contributed by atoms with Gasteiger partial charge in [-0.1, -0.05) is 6.07 Å². The number of fused-ring (bicyclic) bond motifs is 1. The molecule has 1 fully saturated rings. The van der Waals surface area contributed by atoms with Crippen molar-refractivity contribution in [2.75, 3.05) is 12.9 Å². The number of aromatic nitrogens is 2. The zero-order valence-corrected chi connectivity index (χ0v) is 16.3. The SMILES string of the molecule is Cn1cc(-c2cc(S(C)(=O)=O)ncc2OCC2CC2)c2ccc(F)cc2c1=O. The van der Waals surface area contributed by atoms with Crippen LogP contribution in [-0.4, -0.2) is 30.8 Å². The Kier molecular flexibility index (Phi) is 4.45. The lowest BCUT2D eigenvalue weighted by molar-refractivity contribution is 0.299. The van der Waals surface area contributed by atoms with E-state index < -0.39 is 15.7 Å². The summed E-state index contributed by atoms with van der Waals surface area (Å²) in [6, 6.07) is 5.42. The molecule has 4 rings (SSSR count). The van der Waals surface area contributed by atoms with Gasteiger partial charge in [0, 0.05) is 30.6 Å². The van der Waals surface area contributed by atoms with Crippen molar-refractivity contribution in [3.63, 3.8) is 0 Å². The predicted molar refractivity (Wildman–Crippen MR) is 104 cm³/mol. The number of rotatable bonds is 5. The molecule has 28 heavy (non-hydrogen) atoms. The molecular formula is C20H19FN2O4S. The zero-order chi connectivity index (χ0) is 20.1. The number of nitrogens with zero attached hydrogens (tertiary/aromatic N) is 2. The fourth-order valence-electron chi connectivity index (χ4n) is 3.10. The lowest BCUT2D eigenvalue weighted by Crippen LogP contribution is -2.17. The van der Waals surface area contributed by atoms with E-state index in [9.17, 15) is 17.6 Å². The molecule has 1 aliphatic rings. The first-order valence-electron chi connectivity index (χ1n) is 8.86. The minimum absolute atomic E-state index is 0.0922. The van der Waals surface area contributed by atoms with Gasteiger partial charge >= 0.3 is 0 Å². The summed E-state index contributed by atoms with van der Waals surface area (Å²) in [6.07, 6.45) is 6.29. The summed E-state index contributed by atoms with van der Waals surface area (Å²) >= 11 is 0. The summed E-state index contributed by atoms with van der Waals surface area (Å²) in [6.45, 7) is 0.519. The van der Waals surface area contributed by atoms with E-state index in [4.69, 9.17) is 4.74 Å². The minimum Gasteiger partial charge on any atom is -0.491 e. The van der Waals surface area contributed by atoms with Gasteiger partial charge < -0.3 is 9.30 Å². The standard InChI is InChI=1S/C20H19FN2O4S/c1-23-10-17(14-6-5-13(21)7-16(14)20(23)24)15-8-19(28(2,25)26)22-9-18(15)27-11-12-3-4-12/h5-10,12H,3-4,11H2,1-2H3. The third-order valence-electron chi connectivity index (χ3n) is 4.83. The zero-order valence-electron chi connectivity index (χ0n) is 15.5. The number of hydrogen-bond acceptors (Lipinski definition) is 5. The third kappa shape index (κ3) is 3.52. The number of ether oxygens (including phenoxy) is 1. The molecule has 3 aromatic rings. The Morgan fingerprint density at radius 2 is 1.96 bits per heavy atom. The van der Waals surface area contributed by atoms with Crippen LogP contribution in [0.25, 0.3) is 21.9 Å². The molecule has 0 unspecified atom stereocenters. The lowest BCUT2D eigenvalue weighted by Gasteiger charge is -2.15. The Bertz CT molecular complexity index is 1250. The van der Waals surface area contributed by atoms with Gasteiger partial charge in [-0.2, -0.15) is 0 Å². The number of sulfone groups is 1.